The number of rotatable bonds is 0. The third-order valence-electron chi connectivity index (χ3n) is 1.00. The molecule has 1 saturated heterocycles. The van der Waals surface area contributed by atoms with Gasteiger partial charge in [0, 0.05) is 13.1 Å². The Morgan fingerprint density at radius 2 is 1.86 bits per heavy atom. The van der Waals surface area contributed by atoms with Gasteiger partial charge in [0.05, 0.1) is 0 Å². The van der Waals surface area contributed by atoms with E-state index in [-0.39, 0.29) is 0 Å². The van der Waals surface area contributed by atoms with Crippen LogP contribution in [0.15, 0.2) is 0 Å². The first-order valence-corrected chi connectivity index (χ1v) is 2.50. The molecule has 0 atom stereocenters. The average molecular weight is 104 g/mol. The Kier molecular flexibility index (Phi) is 1.59. The number of hydrogen-bond donors (Lipinski definition) is 2. The van der Waals surface area contributed by atoms with E-state index in [1.165, 1.54) is 0 Å². The van der Waals surface area contributed by atoms with Crippen molar-refractivity contribution in [1.29, 1.82) is 0 Å². The maximum Gasteiger partial charge on any atom is 0.205 e. The smallest absolute Gasteiger partial charge is 0.205 e. The molecule has 0 radical (unpaired) electrons. The molecule has 1 heterocycles. The van der Waals surface area contributed by atoms with Gasteiger partial charge in [-0.2, -0.15) is 0 Å². The molecule has 2 nitrogen and oxygen atoms in total. The Bertz CT molecular complexity index is 51.7. The number of alkyl halides is 1. The van der Waals surface area contributed by atoms with E-state index >= 15 is 0 Å². The average Bonchev–Trinajstić information content (AvgIpc) is 1.69. The van der Waals surface area contributed by atoms with Crippen molar-refractivity contribution in [2.24, 2.45) is 0 Å². The fraction of sp³-hybridized carbons (Fsp3) is 1.00. The molecule has 1 fully saturated rings. The largest absolute Gasteiger partial charge is 0.275 e. The van der Waals surface area contributed by atoms with Crippen molar-refractivity contribution in [3.63, 3.8) is 0 Å². The summed E-state index contributed by atoms with van der Waals surface area (Å²) in [6, 6.07) is 0. The lowest BCUT2D eigenvalue weighted by molar-refractivity contribution is 0.196. The molecule has 0 aliphatic carbocycles. The van der Waals surface area contributed by atoms with E-state index in [2.05, 4.69) is 10.6 Å². The second kappa shape index (κ2) is 2.23. The summed E-state index contributed by atoms with van der Waals surface area (Å²) < 4.78 is 12.0. The minimum absolute atomic E-state index is 0.800. The van der Waals surface area contributed by atoms with Crippen molar-refractivity contribution in [3.8, 4) is 0 Å². The first-order valence-electron chi connectivity index (χ1n) is 2.50. The van der Waals surface area contributed by atoms with Crippen LogP contribution < -0.4 is 10.6 Å². The van der Waals surface area contributed by atoms with Crippen molar-refractivity contribution in [3.05, 3.63) is 0 Å². The van der Waals surface area contributed by atoms with Crippen LogP contribution in [0.5, 0.6) is 0 Å². The monoisotopic (exact) mass is 104 g/mol. The van der Waals surface area contributed by atoms with E-state index in [0.717, 1.165) is 19.5 Å². The topological polar surface area (TPSA) is 24.1 Å². The van der Waals surface area contributed by atoms with Crippen LogP contribution in [-0.4, -0.2) is 19.5 Å². The van der Waals surface area contributed by atoms with Gasteiger partial charge in [-0.05, 0) is 6.42 Å². The summed E-state index contributed by atoms with van der Waals surface area (Å²) in [4.78, 5) is 0. The maximum atomic E-state index is 12.0. The molecular weight excluding hydrogens is 95.1 g/mol. The predicted octanol–water partition coefficient (Wildman–Crippen LogP) is -0.178. The molecule has 2 N–H and O–H groups in total. The van der Waals surface area contributed by atoms with Gasteiger partial charge < -0.3 is 0 Å². The van der Waals surface area contributed by atoms with Crippen LogP contribution in [0, 0.1) is 0 Å². The summed E-state index contributed by atoms with van der Waals surface area (Å²) in [6.07, 6.45) is 0.0641. The SMILES string of the molecule is FC1NCCCN1. The van der Waals surface area contributed by atoms with Gasteiger partial charge in [0.2, 0.25) is 6.42 Å². The fourth-order valence-corrected chi connectivity index (χ4v) is 0.618. The molecule has 0 bridgehead atoms. The van der Waals surface area contributed by atoms with Crippen molar-refractivity contribution >= 4 is 0 Å². The van der Waals surface area contributed by atoms with Crippen LogP contribution in [0.4, 0.5) is 4.39 Å². The highest BCUT2D eigenvalue weighted by Gasteiger charge is 2.06. The van der Waals surface area contributed by atoms with Crippen molar-refractivity contribution in [1.82, 2.24) is 10.6 Å². The van der Waals surface area contributed by atoms with E-state index in [9.17, 15) is 4.39 Å². The van der Waals surface area contributed by atoms with Crippen LogP contribution in [0.3, 0.4) is 0 Å². The zero-order chi connectivity index (χ0) is 5.11. The standard InChI is InChI=1S/C4H9FN2/c5-4-6-2-1-3-7-4/h4,6-7H,1-3H2. The van der Waals surface area contributed by atoms with Gasteiger partial charge in [-0.3, -0.25) is 10.6 Å². The summed E-state index contributed by atoms with van der Waals surface area (Å²) in [7, 11) is 0. The Labute approximate surface area is 42.1 Å². The Balaban J connectivity index is 2.12. The molecule has 0 amide bonds. The normalized spacial score (nSPS) is 25.3. The summed E-state index contributed by atoms with van der Waals surface area (Å²) in [5.74, 6) is 0. The molecule has 0 spiro atoms. The Hall–Kier alpha value is -0.150. The van der Waals surface area contributed by atoms with Gasteiger partial charge in [0.1, 0.15) is 0 Å². The third-order valence-corrected chi connectivity index (χ3v) is 1.00. The number of nitrogens with one attached hydrogen (secondary N) is 2. The van der Waals surface area contributed by atoms with Gasteiger partial charge in [0.25, 0.3) is 0 Å². The van der Waals surface area contributed by atoms with E-state index in [1.807, 2.05) is 0 Å². The van der Waals surface area contributed by atoms with Crippen LogP contribution in [0.2, 0.25) is 0 Å². The molecule has 1 aliphatic rings. The highest BCUT2D eigenvalue weighted by molar-refractivity contribution is 4.59. The van der Waals surface area contributed by atoms with Gasteiger partial charge >= 0.3 is 0 Å². The predicted molar refractivity (Wildman–Crippen MR) is 25.5 cm³/mol. The van der Waals surface area contributed by atoms with E-state index in [1.54, 1.807) is 0 Å². The molecule has 3 heteroatoms. The second-order valence-electron chi connectivity index (χ2n) is 1.62. The molecule has 1 rings (SSSR count). The minimum Gasteiger partial charge on any atom is -0.275 e. The maximum absolute atomic E-state index is 12.0. The Morgan fingerprint density at radius 3 is 2.14 bits per heavy atom. The van der Waals surface area contributed by atoms with Crippen LogP contribution >= 0.6 is 0 Å². The van der Waals surface area contributed by atoms with Gasteiger partial charge in [-0.25, -0.2) is 4.39 Å². The summed E-state index contributed by atoms with van der Waals surface area (Å²) >= 11 is 0. The molecule has 0 saturated carbocycles. The summed E-state index contributed by atoms with van der Waals surface area (Å²) in [5.41, 5.74) is 0. The van der Waals surface area contributed by atoms with Gasteiger partial charge in [0.15, 0.2) is 0 Å². The molecule has 0 aromatic carbocycles. The van der Waals surface area contributed by atoms with Gasteiger partial charge in [-0.1, -0.05) is 0 Å². The molecule has 0 unspecified atom stereocenters. The third kappa shape index (κ3) is 1.41. The summed E-state index contributed by atoms with van der Waals surface area (Å²) in [6.45, 7) is 1.60. The lowest BCUT2D eigenvalue weighted by Gasteiger charge is -2.16. The fourth-order valence-electron chi connectivity index (χ4n) is 0.618. The minimum atomic E-state index is -0.964. The lowest BCUT2D eigenvalue weighted by atomic mass is 10.4. The Morgan fingerprint density at radius 1 is 1.29 bits per heavy atom. The van der Waals surface area contributed by atoms with E-state index < -0.39 is 6.42 Å². The lowest BCUT2D eigenvalue weighted by Crippen LogP contribution is -2.45. The molecule has 0 aromatic rings. The molecule has 7 heavy (non-hydrogen) atoms. The summed E-state index contributed by atoms with van der Waals surface area (Å²) in [5, 5.41) is 5.21. The number of halogens is 1. The highest BCUT2D eigenvalue weighted by atomic mass is 19.1. The first kappa shape index (κ1) is 5.00. The highest BCUT2D eigenvalue weighted by Crippen LogP contribution is 1.86. The van der Waals surface area contributed by atoms with Crippen LogP contribution in [-0.2, 0) is 0 Å². The van der Waals surface area contributed by atoms with Crippen LogP contribution in [0.25, 0.3) is 0 Å². The number of hydrogen-bond acceptors (Lipinski definition) is 2. The van der Waals surface area contributed by atoms with E-state index in [4.69, 9.17) is 0 Å². The van der Waals surface area contributed by atoms with Crippen LogP contribution in [0.1, 0.15) is 6.42 Å². The molecule has 0 aromatic heterocycles. The zero-order valence-electron chi connectivity index (χ0n) is 4.08. The zero-order valence-corrected chi connectivity index (χ0v) is 4.08. The van der Waals surface area contributed by atoms with Crippen molar-refractivity contribution < 1.29 is 4.39 Å². The van der Waals surface area contributed by atoms with Crippen molar-refractivity contribution in [2.75, 3.05) is 13.1 Å². The van der Waals surface area contributed by atoms with Crippen molar-refractivity contribution in [2.45, 2.75) is 12.8 Å². The molecule has 1 aliphatic heterocycles. The second-order valence-corrected chi connectivity index (χ2v) is 1.62. The molecule has 42 valence electrons. The van der Waals surface area contributed by atoms with E-state index in [0.29, 0.717) is 0 Å². The first-order chi connectivity index (χ1) is 3.39. The molecular formula is C4H9FN2. The quantitative estimate of drug-likeness (QED) is 0.417. The van der Waals surface area contributed by atoms with Gasteiger partial charge in [-0.15, -0.1) is 0 Å².